The predicted octanol–water partition coefficient (Wildman–Crippen LogP) is 3.63. The summed E-state index contributed by atoms with van der Waals surface area (Å²) in [6.07, 6.45) is 3.26. The van der Waals surface area contributed by atoms with Gasteiger partial charge in [-0.05, 0) is 25.5 Å². The van der Waals surface area contributed by atoms with E-state index in [1.807, 2.05) is 13.0 Å². The minimum atomic E-state index is -0.347. The number of nitro benzene ring substituents is 1. The van der Waals surface area contributed by atoms with E-state index < -0.39 is 0 Å². The number of hydrogen-bond acceptors (Lipinski definition) is 4. The minimum Gasteiger partial charge on any atom is -0.382 e. The van der Waals surface area contributed by atoms with Crippen molar-refractivity contribution in [3.63, 3.8) is 0 Å². The number of anilines is 2. The average Bonchev–Trinajstić information content (AvgIpc) is 2.35. The standard InChI is InChI=1S/C13H21N3O2/c1-4-5-7-10(2)15-12-9-6-8-11(14-3)13(12)16(17)18/h6,8-10,14-15H,4-5,7H2,1-3H3. The number of unbranched alkanes of at least 4 members (excludes halogenated alkanes) is 1. The van der Waals surface area contributed by atoms with Gasteiger partial charge in [-0.15, -0.1) is 0 Å². The molecule has 1 aromatic carbocycles. The molecule has 0 spiro atoms. The molecule has 1 unspecified atom stereocenters. The molecule has 1 atom stereocenters. The van der Waals surface area contributed by atoms with E-state index in [4.69, 9.17) is 0 Å². The van der Waals surface area contributed by atoms with Gasteiger partial charge in [0.05, 0.1) is 4.92 Å². The van der Waals surface area contributed by atoms with Crippen molar-refractivity contribution in [2.75, 3.05) is 17.7 Å². The third kappa shape index (κ3) is 3.61. The summed E-state index contributed by atoms with van der Waals surface area (Å²) in [7, 11) is 1.69. The maximum Gasteiger partial charge on any atom is 0.315 e. The molecular weight excluding hydrogens is 230 g/mol. The van der Waals surface area contributed by atoms with Crippen molar-refractivity contribution in [2.24, 2.45) is 0 Å². The predicted molar refractivity (Wildman–Crippen MR) is 75.3 cm³/mol. The van der Waals surface area contributed by atoms with Gasteiger partial charge in [0, 0.05) is 13.1 Å². The molecule has 0 amide bonds. The number of hydrogen-bond donors (Lipinski definition) is 2. The topological polar surface area (TPSA) is 67.2 Å². The molecule has 5 nitrogen and oxygen atoms in total. The molecule has 1 rings (SSSR count). The maximum atomic E-state index is 11.1. The number of benzene rings is 1. The second kappa shape index (κ2) is 6.83. The van der Waals surface area contributed by atoms with Crippen molar-refractivity contribution in [3.05, 3.63) is 28.3 Å². The molecular formula is C13H21N3O2. The lowest BCUT2D eigenvalue weighted by Gasteiger charge is -2.16. The largest absolute Gasteiger partial charge is 0.382 e. The third-order valence-electron chi connectivity index (χ3n) is 2.88. The zero-order chi connectivity index (χ0) is 13.5. The summed E-state index contributed by atoms with van der Waals surface area (Å²) >= 11 is 0. The van der Waals surface area contributed by atoms with E-state index in [2.05, 4.69) is 17.6 Å². The smallest absolute Gasteiger partial charge is 0.315 e. The van der Waals surface area contributed by atoms with Crippen LogP contribution >= 0.6 is 0 Å². The molecule has 0 aromatic heterocycles. The first kappa shape index (κ1) is 14.3. The Labute approximate surface area is 108 Å². The van der Waals surface area contributed by atoms with Crippen LogP contribution in [0, 0.1) is 10.1 Å². The van der Waals surface area contributed by atoms with Crippen LogP contribution in [-0.2, 0) is 0 Å². The van der Waals surface area contributed by atoms with Gasteiger partial charge in [0.1, 0.15) is 11.4 Å². The van der Waals surface area contributed by atoms with E-state index in [9.17, 15) is 10.1 Å². The Bertz CT molecular complexity index is 407. The van der Waals surface area contributed by atoms with Gasteiger partial charge in [0.25, 0.3) is 0 Å². The summed E-state index contributed by atoms with van der Waals surface area (Å²) in [6.45, 7) is 4.18. The van der Waals surface area contributed by atoms with Gasteiger partial charge >= 0.3 is 5.69 Å². The van der Waals surface area contributed by atoms with Crippen molar-refractivity contribution >= 4 is 17.1 Å². The molecule has 0 fully saturated rings. The fourth-order valence-electron chi connectivity index (χ4n) is 1.91. The first-order chi connectivity index (χ1) is 8.60. The van der Waals surface area contributed by atoms with Crippen LogP contribution in [0.3, 0.4) is 0 Å². The highest BCUT2D eigenvalue weighted by Gasteiger charge is 2.19. The Hall–Kier alpha value is -1.78. The first-order valence-corrected chi connectivity index (χ1v) is 6.31. The summed E-state index contributed by atoms with van der Waals surface area (Å²) in [6, 6.07) is 5.51. The molecule has 0 saturated heterocycles. The molecule has 0 saturated carbocycles. The van der Waals surface area contributed by atoms with E-state index in [0.717, 1.165) is 19.3 Å². The Morgan fingerprint density at radius 2 is 2.06 bits per heavy atom. The van der Waals surface area contributed by atoms with Crippen LogP contribution in [0.15, 0.2) is 18.2 Å². The number of nitrogens with zero attached hydrogens (tertiary/aromatic N) is 1. The fourth-order valence-corrected chi connectivity index (χ4v) is 1.91. The van der Waals surface area contributed by atoms with E-state index in [1.165, 1.54) is 0 Å². The average molecular weight is 251 g/mol. The second-order valence-electron chi connectivity index (χ2n) is 4.40. The van der Waals surface area contributed by atoms with Crippen LogP contribution in [0.25, 0.3) is 0 Å². The number of nitrogens with one attached hydrogen (secondary N) is 2. The van der Waals surface area contributed by atoms with Crippen LogP contribution in [0.4, 0.5) is 17.1 Å². The monoisotopic (exact) mass is 251 g/mol. The number of para-hydroxylation sites is 1. The van der Waals surface area contributed by atoms with E-state index in [0.29, 0.717) is 11.4 Å². The van der Waals surface area contributed by atoms with Gasteiger partial charge < -0.3 is 10.6 Å². The highest BCUT2D eigenvalue weighted by molar-refractivity contribution is 5.76. The molecule has 18 heavy (non-hydrogen) atoms. The van der Waals surface area contributed by atoms with E-state index >= 15 is 0 Å². The van der Waals surface area contributed by atoms with Gasteiger partial charge in [0.15, 0.2) is 0 Å². The lowest BCUT2D eigenvalue weighted by Crippen LogP contribution is -2.16. The van der Waals surface area contributed by atoms with Crippen molar-refractivity contribution in [1.82, 2.24) is 0 Å². The van der Waals surface area contributed by atoms with Crippen molar-refractivity contribution in [1.29, 1.82) is 0 Å². The first-order valence-electron chi connectivity index (χ1n) is 6.31. The maximum absolute atomic E-state index is 11.1. The second-order valence-corrected chi connectivity index (χ2v) is 4.40. The van der Waals surface area contributed by atoms with Crippen LogP contribution in [-0.4, -0.2) is 18.0 Å². The Morgan fingerprint density at radius 1 is 1.39 bits per heavy atom. The molecule has 0 heterocycles. The van der Waals surface area contributed by atoms with Crippen LogP contribution in [0.5, 0.6) is 0 Å². The highest BCUT2D eigenvalue weighted by Crippen LogP contribution is 2.33. The molecule has 5 heteroatoms. The molecule has 2 N–H and O–H groups in total. The van der Waals surface area contributed by atoms with Gasteiger partial charge in [0.2, 0.25) is 0 Å². The number of rotatable bonds is 7. The van der Waals surface area contributed by atoms with Gasteiger partial charge in [-0.25, -0.2) is 0 Å². The molecule has 0 aliphatic heterocycles. The van der Waals surface area contributed by atoms with E-state index in [-0.39, 0.29) is 16.7 Å². The van der Waals surface area contributed by atoms with Gasteiger partial charge in [-0.1, -0.05) is 25.8 Å². The van der Waals surface area contributed by atoms with Crippen LogP contribution < -0.4 is 10.6 Å². The van der Waals surface area contributed by atoms with Crippen molar-refractivity contribution < 1.29 is 4.92 Å². The van der Waals surface area contributed by atoms with Crippen molar-refractivity contribution in [3.8, 4) is 0 Å². The summed E-state index contributed by atoms with van der Waals surface area (Å²) in [5, 5.41) is 17.2. The Balaban J connectivity index is 2.90. The molecule has 0 radical (unpaired) electrons. The van der Waals surface area contributed by atoms with Crippen LogP contribution in [0.1, 0.15) is 33.1 Å². The lowest BCUT2D eigenvalue weighted by molar-refractivity contribution is -0.383. The molecule has 1 aromatic rings. The zero-order valence-corrected chi connectivity index (χ0v) is 11.2. The zero-order valence-electron chi connectivity index (χ0n) is 11.2. The molecule has 0 aliphatic carbocycles. The quantitative estimate of drug-likeness (QED) is 0.573. The summed E-state index contributed by atoms with van der Waals surface area (Å²) < 4.78 is 0. The Morgan fingerprint density at radius 3 is 2.61 bits per heavy atom. The van der Waals surface area contributed by atoms with Gasteiger partial charge in [-0.3, -0.25) is 10.1 Å². The summed E-state index contributed by atoms with van der Waals surface area (Å²) in [5.41, 5.74) is 1.23. The Kier molecular flexibility index (Phi) is 5.42. The number of nitro groups is 1. The highest BCUT2D eigenvalue weighted by atomic mass is 16.6. The van der Waals surface area contributed by atoms with E-state index in [1.54, 1.807) is 19.2 Å². The SMILES string of the molecule is CCCCC(C)Nc1cccc(NC)c1[N+](=O)[O-]. The van der Waals surface area contributed by atoms with Crippen LogP contribution in [0.2, 0.25) is 0 Å². The molecule has 0 aliphatic rings. The normalized spacial score (nSPS) is 11.9. The minimum absolute atomic E-state index is 0.114. The summed E-state index contributed by atoms with van der Waals surface area (Å²) in [5.74, 6) is 0. The molecule has 0 bridgehead atoms. The van der Waals surface area contributed by atoms with Crippen molar-refractivity contribution in [2.45, 2.75) is 39.2 Å². The third-order valence-corrected chi connectivity index (χ3v) is 2.88. The molecule has 100 valence electrons. The fraction of sp³-hybridized carbons (Fsp3) is 0.538. The summed E-state index contributed by atoms with van der Waals surface area (Å²) in [4.78, 5) is 10.8. The van der Waals surface area contributed by atoms with Gasteiger partial charge in [-0.2, -0.15) is 0 Å². The lowest BCUT2D eigenvalue weighted by atomic mass is 10.1.